The predicted molar refractivity (Wildman–Crippen MR) is 87.2 cm³/mol. The molecule has 1 aromatic rings. The monoisotopic (exact) mass is 341 g/mol. The topological polar surface area (TPSA) is 71.1 Å². The molecule has 1 unspecified atom stereocenters. The van der Waals surface area contributed by atoms with Crippen molar-refractivity contribution >= 4 is 10.0 Å². The molecule has 2 heterocycles. The van der Waals surface area contributed by atoms with Crippen molar-refractivity contribution in [1.82, 2.24) is 14.5 Å². The molecule has 7 nitrogen and oxygen atoms in total. The number of piperazine rings is 1. The van der Waals surface area contributed by atoms with Crippen molar-refractivity contribution < 1.29 is 17.9 Å². The van der Waals surface area contributed by atoms with E-state index in [-0.39, 0.29) is 12.8 Å². The Morgan fingerprint density at radius 3 is 2.57 bits per heavy atom. The Morgan fingerprint density at radius 2 is 1.87 bits per heavy atom. The van der Waals surface area contributed by atoms with Crippen LogP contribution in [0.15, 0.2) is 18.2 Å². The molecule has 2 aliphatic heterocycles. The van der Waals surface area contributed by atoms with E-state index in [1.54, 1.807) is 0 Å². The van der Waals surface area contributed by atoms with Crippen LogP contribution in [-0.2, 0) is 10.0 Å². The van der Waals surface area contributed by atoms with E-state index in [4.69, 9.17) is 9.47 Å². The van der Waals surface area contributed by atoms with Gasteiger partial charge in [0.05, 0.1) is 6.26 Å². The first-order valence-corrected chi connectivity index (χ1v) is 9.58. The van der Waals surface area contributed by atoms with Gasteiger partial charge in [0.2, 0.25) is 16.8 Å². The highest BCUT2D eigenvalue weighted by molar-refractivity contribution is 7.88. The average molecular weight is 341 g/mol. The zero-order valence-corrected chi connectivity index (χ0v) is 14.3. The van der Waals surface area contributed by atoms with Crippen molar-refractivity contribution in [2.45, 2.75) is 6.04 Å². The molecule has 3 rings (SSSR count). The summed E-state index contributed by atoms with van der Waals surface area (Å²) >= 11 is 0. The molecule has 0 saturated carbocycles. The number of likely N-dealkylation sites (N-methyl/N-ethyl adjacent to an activating group) is 1. The molecule has 128 valence electrons. The summed E-state index contributed by atoms with van der Waals surface area (Å²) in [4.78, 5) is 4.59. The molecule has 0 spiro atoms. The van der Waals surface area contributed by atoms with E-state index in [1.807, 2.05) is 18.2 Å². The number of fused-ring (bicyclic) bond motifs is 1. The van der Waals surface area contributed by atoms with Crippen molar-refractivity contribution in [2.24, 2.45) is 0 Å². The zero-order chi connectivity index (χ0) is 16.4. The SMILES string of the molecule is CN1CCN(C(CNS(C)(=O)=O)c2ccc3c(c2)OCO3)CC1. The Bertz CT molecular complexity index is 657. The number of sulfonamides is 1. The molecule has 1 saturated heterocycles. The summed E-state index contributed by atoms with van der Waals surface area (Å²) in [6, 6.07) is 5.81. The second-order valence-corrected chi connectivity index (χ2v) is 7.92. The number of hydrogen-bond donors (Lipinski definition) is 1. The third-order valence-electron chi connectivity index (χ3n) is 4.30. The fourth-order valence-corrected chi connectivity index (χ4v) is 3.40. The third kappa shape index (κ3) is 4.14. The number of rotatable bonds is 5. The molecule has 1 N–H and O–H groups in total. The Balaban J connectivity index is 1.82. The van der Waals surface area contributed by atoms with Gasteiger partial charge in [0.1, 0.15) is 0 Å². The summed E-state index contributed by atoms with van der Waals surface area (Å²) in [6.07, 6.45) is 1.19. The van der Waals surface area contributed by atoms with E-state index in [1.165, 1.54) is 6.26 Å². The number of ether oxygens (including phenoxy) is 2. The van der Waals surface area contributed by atoms with Gasteiger partial charge in [0.15, 0.2) is 11.5 Å². The van der Waals surface area contributed by atoms with Crippen LogP contribution in [0.25, 0.3) is 0 Å². The molecule has 0 radical (unpaired) electrons. The van der Waals surface area contributed by atoms with E-state index in [0.29, 0.717) is 6.54 Å². The first-order valence-electron chi connectivity index (χ1n) is 7.69. The standard InChI is InChI=1S/C15H23N3O4S/c1-17-5-7-18(8-6-17)13(10-16-23(2,19)20)12-3-4-14-15(9-12)22-11-21-14/h3-4,9,13,16H,5-8,10-11H2,1-2H3. The summed E-state index contributed by atoms with van der Waals surface area (Å²) < 4.78 is 36.5. The summed E-state index contributed by atoms with van der Waals surface area (Å²) in [5, 5.41) is 0. The van der Waals surface area contributed by atoms with Crippen molar-refractivity contribution in [1.29, 1.82) is 0 Å². The quantitative estimate of drug-likeness (QED) is 0.828. The van der Waals surface area contributed by atoms with Crippen molar-refractivity contribution in [3.8, 4) is 11.5 Å². The molecule has 0 amide bonds. The maximum Gasteiger partial charge on any atom is 0.231 e. The fourth-order valence-electron chi connectivity index (χ4n) is 2.94. The van der Waals surface area contributed by atoms with Crippen LogP contribution in [0.1, 0.15) is 11.6 Å². The summed E-state index contributed by atoms with van der Waals surface area (Å²) in [5.41, 5.74) is 1.04. The van der Waals surface area contributed by atoms with Gasteiger partial charge in [-0.3, -0.25) is 4.90 Å². The third-order valence-corrected chi connectivity index (χ3v) is 4.99. The first-order chi connectivity index (χ1) is 10.9. The van der Waals surface area contributed by atoms with Crippen molar-refractivity contribution in [2.75, 3.05) is 52.8 Å². The lowest BCUT2D eigenvalue weighted by Gasteiger charge is -2.38. The van der Waals surface area contributed by atoms with Gasteiger partial charge in [-0.25, -0.2) is 13.1 Å². The van der Waals surface area contributed by atoms with Crippen LogP contribution in [0, 0.1) is 0 Å². The van der Waals surface area contributed by atoms with Gasteiger partial charge < -0.3 is 14.4 Å². The Morgan fingerprint density at radius 1 is 1.17 bits per heavy atom. The molecule has 1 atom stereocenters. The van der Waals surface area contributed by atoms with Crippen LogP contribution in [0.4, 0.5) is 0 Å². The second-order valence-electron chi connectivity index (χ2n) is 6.09. The van der Waals surface area contributed by atoms with Crippen molar-refractivity contribution in [3.63, 3.8) is 0 Å². The largest absolute Gasteiger partial charge is 0.454 e. The minimum Gasteiger partial charge on any atom is -0.454 e. The lowest BCUT2D eigenvalue weighted by atomic mass is 10.0. The van der Waals surface area contributed by atoms with E-state index >= 15 is 0 Å². The maximum atomic E-state index is 11.5. The molecule has 1 fully saturated rings. The molecule has 1 aromatic carbocycles. The van der Waals surface area contributed by atoms with Gasteiger partial charge >= 0.3 is 0 Å². The molecule has 0 bridgehead atoms. The van der Waals surface area contributed by atoms with Crippen LogP contribution >= 0.6 is 0 Å². The lowest BCUT2D eigenvalue weighted by Crippen LogP contribution is -2.48. The van der Waals surface area contributed by atoms with Crippen LogP contribution in [0.2, 0.25) is 0 Å². The van der Waals surface area contributed by atoms with Gasteiger partial charge in [-0.1, -0.05) is 6.07 Å². The molecule has 8 heteroatoms. The number of nitrogens with one attached hydrogen (secondary N) is 1. The number of nitrogens with zero attached hydrogens (tertiary/aromatic N) is 2. The fraction of sp³-hybridized carbons (Fsp3) is 0.600. The Kier molecular flexibility index (Phi) is 4.77. The highest BCUT2D eigenvalue weighted by Crippen LogP contribution is 2.35. The maximum absolute atomic E-state index is 11.5. The molecule has 2 aliphatic rings. The smallest absolute Gasteiger partial charge is 0.231 e. The first kappa shape index (κ1) is 16.5. The highest BCUT2D eigenvalue weighted by Gasteiger charge is 2.26. The number of hydrogen-bond acceptors (Lipinski definition) is 6. The van der Waals surface area contributed by atoms with Gasteiger partial charge in [0, 0.05) is 38.8 Å². The molecule has 0 aliphatic carbocycles. The minimum atomic E-state index is -3.23. The van der Waals surface area contributed by atoms with Crippen LogP contribution in [-0.4, -0.2) is 71.0 Å². The zero-order valence-electron chi connectivity index (χ0n) is 13.5. The van der Waals surface area contributed by atoms with Gasteiger partial charge in [-0.05, 0) is 24.7 Å². The van der Waals surface area contributed by atoms with E-state index in [9.17, 15) is 8.42 Å². The normalized spacial score (nSPS) is 20.6. The molecule has 0 aromatic heterocycles. The van der Waals surface area contributed by atoms with Gasteiger partial charge in [-0.2, -0.15) is 0 Å². The molecule has 23 heavy (non-hydrogen) atoms. The van der Waals surface area contributed by atoms with E-state index in [0.717, 1.165) is 43.2 Å². The Labute approximate surface area is 137 Å². The van der Waals surface area contributed by atoms with Crippen molar-refractivity contribution in [3.05, 3.63) is 23.8 Å². The second kappa shape index (κ2) is 6.64. The van der Waals surface area contributed by atoms with Gasteiger partial charge in [0.25, 0.3) is 0 Å². The minimum absolute atomic E-state index is 0.0204. The summed E-state index contributed by atoms with van der Waals surface area (Å²) in [6.45, 7) is 4.34. The van der Waals surface area contributed by atoms with E-state index < -0.39 is 10.0 Å². The molecular formula is C15H23N3O4S. The predicted octanol–water partition coefficient (Wildman–Crippen LogP) is 0.253. The van der Waals surface area contributed by atoms with E-state index in [2.05, 4.69) is 21.6 Å². The molecular weight excluding hydrogens is 318 g/mol. The average Bonchev–Trinajstić information content (AvgIpc) is 2.96. The van der Waals surface area contributed by atoms with Crippen LogP contribution in [0.3, 0.4) is 0 Å². The highest BCUT2D eigenvalue weighted by atomic mass is 32.2. The summed E-state index contributed by atoms with van der Waals surface area (Å²) in [7, 11) is -1.13. The van der Waals surface area contributed by atoms with Crippen LogP contribution < -0.4 is 14.2 Å². The van der Waals surface area contributed by atoms with Gasteiger partial charge in [-0.15, -0.1) is 0 Å². The Hall–Kier alpha value is -1.35. The number of benzene rings is 1. The lowest BCUT2D eigenvalue weighted by molar-refractivity contribution is 0.112. The summed E-state index contributed by atoms with van der Waals surface area (Å²) in [5.74, 6) is 1.46. The van der Waals surface area contributed by atoms with Crippen LogP contribution in [0.5, 0.6) is 11.5 Å².